The molecule has 1 aliphatic rings. The SMILES string of the molecule is Cc1ccc(-c2onc3c2CCCC3)cc1NC(=O)COc1ccc(C(C)(C)C)cc1. The van der Waals surface area contributed by atoms with Crippen LogP contribution in [0.3, 0.4) is 0 Å². The Kier molecular flexibility index (Phi) is 5.86. The summed E-state index contributed by atoms with van der Waals surface area (Å²) in [5.74, 6) is 1.31. The van der Waals surface area contributed by atoms with Gasteiger partial charge >= 0.3 is 0 Å². The quantitative estimate of drug-likeness (QED) is 0.565. The molecule has 162 valence electrons. The fourth-order valence-corrected chi connectivity index (χ4v) is 3.90. The molecule has 0 bridgehead atoms. The highest BCUT2D eigenvalue weighted by Gasteiger charge is 2.21. The first-order chi connectivity index (χ1) is 14.8. The molecule has 5 heteroatoms. The van der Waals surface area contributed by atoms with E-state index in [1.807, 2.05) is 49.4 Å². The smallest absolute Gasteiger partial charge is 0.262 e. The third-order valence-electron chi connectivity index (χ3n) is 5.82. The van der Waals surface area contributed by atoms with Gasteiger partial charge < -0.3 is 14.6 Å². The van der Waals surface area contributed by atoms with E-state index in [0.717, 1.165) is 54.0 Å². The van der Waals surface area contributed by atoms with Crippen molar-refractivity contribution in [2.24, 2.45) is 0 Å². The van der Waals surface area contributed by atoms with Gasteiger partial charge in [-0.2, -0.15) is 0 Å². The fraction of sp³-hybridized carbons (Fsp3) is 0.385. The molecule has 0 radical (unpaired) electrons. The predicted octanol–water partition coefficient (Wildman–Crippen LogP) is 5.84. The van der Waals surface area contributed by atoms with E-state index in [1.165, 1.54) is 11.1 Å². The Morgan fingerprint density at radius 2 is 1.84 bits per heavy atom. The summed E-state index contributed by atoms with van der Waals surface area (Å²) in [7, 11) is 0. The van der Waals surface area contributed by atoms with Gasteiger partial charge in [0.05, 0.1) is 5.69 Å². The van der Waals surface area contributed by atoms with Crippen LogP contribution in [0.1, 0.15) is 56.0 Å². The van der Waals surface area contributed by atoms with Gasteiger partial charge in [0.15, 0.2) is 12.4 Å². The summed E-state index contributed by atoms with van der Waals surface area (Å²) >= 11 is 0. The molecule has 0 saturated heterocycles. The minimum Gasteiger partial charge on any atom is -0.484 e. The summed E-state index contributed by atoms with van der Waals surface area (Å²) in [5, 5.41) is 7.22. The van der Waals surface area contributed by atoms with Crippen LogP contribution in [0, 0.1) is 6.92 Å². The van der Waals surface area contributed by atoms with Crippen LogP contribution in [-0.2, 0) is 23.1 Å². The average molecular weight is 419 g/mol. The summed E-state index contributed by atoms with van der Waals surface area (Å²) in [4.78, 5) is 12.5. The molecule has 0 atom stereocenters. The normalized spacial score (nSPS) is 13.5. The number of rotatable bonds is 5. The first-order valence-electron chi connectivity index (χ1n) is 10.9. The van der Waals surface area contributed by atoms with E-state index in [2.05, 4.69) is 31.2 Å². The molecule has 0 unspecified atom stereocenters. The zero-order valence-corrected chi connectivity index (χ0v) is 18.7. The molecule has 0 fully saturated rings. The van der Waals surface area contributed by atoms with Crippen molar-refractivity contribution in [2.45, 2.75) is 58.8 Å². The van der Waals surface area contributed by atoms with Crippen molar-refractivity contribution in [3.05, 3.63) is 64.8 Å². The van der Waals surface area contributed by atoms with E-state index >= 15 is 0 Å². The van der Waals surface area contributed by atoms with Gasteiger partial charge in [-0.15, -0.1) is 0 Å². The van der Waals surface area contributed by atoms with Crippen LogP contribution in [0.2, 0.25) is 0 Å². The molecule has 1 aromatic heterocycles. The van der Waals surface area contributed by atoms with Crippen LogP contribution in [0.5, 0.6) is 5.75 Å². The minimum absolute atomic E-state index is 0.0454. The molecular formula is C26H30N2O3. The molecule has 3 aromatic rings. The van der Waals surface area contributed by atoms with Gasteiger partial charge in [0.2, 0.25) is 0 Å². The van der Waals surface area contributed by atoms with Gasteiger partial charge in [-0.25, -0.2) is 0 Å². The number of aryl methyl sites for hydroxylation is 2. The van der Waals surface area contributed by atoms with Crippen LogP contribution in [-0.4, -0.2) is 17.7 Å². The number of nitrogens with zero attached hydrogens (tertiary/aromatic N) is 1. The number of carbonyl (C=O) groups is 1. The second-order valence-corrected chi connectivity index (χ2v) is 9.28. The van der Waals surface area contributed by atoms with Crippen molar-refractivity contribution in [3.63, 3.8) is 0 Å². The average Bonchev–Trinajstić information content (AvgIpc) is 3.18. The van der Waals surface area contributed by atoms with Crippen LogP contribution >= 0.6 is 0 Å². The fourth-order valence-electron chi connectivity index (χ4n) is 3.90. The molecular weight excluding hydrogens is 388 g/mol. The van der Waals surface area contributed by atoms with Crippen LogP contribution < -0.4 is 10.1 Å². The molecule has 4 rings (SSSR count). The Morgan fingerprint density at radius 3 is 2.58 bits per heavy atom. The topological polar surface area (TPSA) is 64.4 Å². The molecule has 31 heavy (non-hydrogen) atoms. The van der Waals surface area contributed by atoms with E-state index in [-0.39, 0.29) is 17.9 Å². The Hall–Kier alpha value is -3.08. The number of amides is 1. The second kappa shape index (κ2) is 8.58. The standard InChI is InChI=1S/C26H30N2O3/c1-17-9-10-18(25-21-7-5-6-8-22(21)28-31-25)15-23(17)27-24(29)16-30-20-13-11-19(12-14-20)26(2,3)4/h9-15H,5-8,16H2,1-4H3,(H,27,29). The number of carbonyl (C=O) groups excluding carboxylic acids is 1. The minimum atomic E-state index is -0.195. The summed E-state index contributed by atoms with van der Waals surface area (Å²) in [6.45, 7) is 8.43. The third-order valence-corrected chi connectivity index (χ3v) is 5.82. The Bertz CT molecular complexity index is 1080. The summed E-state index contributed by atoms with van der Waals surface area (Å²) < 4.78 is 11.3. The number of ether oxygens (including phenoxy) is 1. The lowest BCUT2D eigenvalue weighted by Gasteiger charge is -2.19. The highest BCUT2D eigenvalue weighted by atomic mass is 16.5. The van der Waals surface area contributed by atoms with Crippen molar-refractivity contribution < 1.29 is 14.1 Å². The summed E-state index contributed by atoms with van der Waals surface area (Å²) in [6.07, 6.45) is 4.28. The summed E-state index contributed by atoms with van der Waals surface area (Å²) in [6, 6.07) is 13.9. The maximum Gasteiger partial charge on any atom is 0.262 e. The Morgan fingerprint density at radius 1 is 1.10 bits per heavy atom. The number of nitrogens with one attached hydrogen (secondary N) is 1. The van der Waals surface area contributed by atoms with Crippen molar-refractivity contribution >= 4 is 11.6 Å². The van der Waals surface area contributed by atoms with Gasteiger partial charge in [-0.1, -0.05) is 50.2 Å². The lowest BCUT2D eigenvalue weighted by molar-refractivity contribution is -0.118. The molecule has 1 N–H and O–H groups in total. The van der Waals surface area contributed by atoms with Gasteiger partial charge in [0.25, 0.3) is 5.91 Å². The molecule has 1 heterocycles. The highest BCUT2D eigenvalue weighted by Crippen LogP contribution is 2.33. The number of benzene rings is 2. The van der Waals surface area contributed by atoms with Gasteiger partial charge in [-0.05, 0) is 67.3 Å². The van der Waals surface area contributed by atoms with Crippen LogP contribution in [0.4, 0.5) is 5.69 Å². The monoisotopic (exact) mass is 418 g/mol. The van der Waals surface area contributed by atoms with E-state index in [4.69, 9.17) is 9.26 Å². The Labute approximate surface area is 183 Å². The maximum atomic E-state index is 12.5. The lowest BCUT2D eigenvalue weighted by Crippen LogP contribution is -2.20. The number of fused-ring (bicyclic) bond motifs is 1. The number of aromatic nitrogens is 1. The largest absolute Gasteiger partial charge is 0.484 e. The first kappa shape index (κ1) is 21.2. The molecule has 0 spiro atoms. The molecule has 2 aromatic carbocycles. The summed E-state index contributed by atoms with van der Waals surface area (Å²) in [5.41, 5.74) is 6.27. The maximum absolute atomic E-state index is 12.5. The highest BCUT2D eigenvalue weighted by molar-refractivity contribution is 5.93. The van der Waals surface area contributed by atoms with Gasteiger partial charge in [-0.3, -0.25) is 4.79 Å². The predicted molar refractivity (Wildman–Crippen MR) is 123 cm³/mol. The second-order valence-electron chi connectivity index (χ2n) is 9.28. The molecule has 0 saturated carbocycles. The van der Waals surface area contributed by atoms with Gasteiger partial charge in [0.1, 0.15) is 5.75 Å². The molecule has 1 amide bonds. The van der Waals surface area contributed by atoms with Crippen molar-refractivity contribution in [3.8, 4) is 17.1 Å². The molecule has 5 nitrogen and oxygen atoms in total. The molecule has 1 aliphatic carbocycles. The Balaban J connectivity index is 1.42. The van der Waals surface area contributed by atoms with Crippen molar-refractivity contribution in [1.82, 2.24) is 5.16 Å². The number of hydrogen-bond acceptors (Lipinski definition) is 4. The van der Waals surface area contributed by atoms with Crippen LogP contribution in [0.15, 0.2) is 47.0 Å². The van der Waals surface area contributed by atoms with Gasteiger partial charge in [0, 0.05) is 16.8 Å². The zero-order chi connectivity index (χ0) is 22.0. The van der Waals surface area contributed by atoms with Crippen molar-refractivity contribution in [2.75, 3.05) is 11.9 Å². The first-order valence-corrected chi connectivity index (χ1v) is 10.9. The van der Waals surface area contributed by atoms with E-state index in [9.17, 15) is 4.79 Å². The van der Waals surface area contributed by atoms with E-state index in [0.29, 0.717) is 5.75 Å². The van der Waals surface area contributed by atoms with E-state index in [1.54, 1.807) is 0 Å². The zero-order valence-electron chi connectivity index (χ0n) is 18.7. The molecule has 0 aliphatic heterocycles. The van der Waals surface area contributed by atoms with Crippen molar-refractivity contribution in [1.29, 1.82) is 0 Å². The van der Waals surface area contributed by atoms with Crippen LogP contribution in [0.25, 0.3) is 11.3 Å². The number of hydrogen-bond donors (Lipinski definition) is 1. The third kappa shape index (κ3) is 4.82. The lowest BCUT2D eigenvalue weighted by atomic mass is 9.87. The van der Waals surface area contributed by atoms with E-state index < -0.39 is 0 Å². The number of anilines is 1.